The van der Waals surface area contributed by atoms with Gasteiger partial charge in [0.25, 0.3) is 0 Å². The summed E-state index contributed by atoms with van der Waals surface area (Å²) in [7, 11) is -1.12. The number of benzene rings is 2. The van der Waals surface area contributed by atoms with E-state index in [0.717, 1.165) is 20.7 Å². The van der Waals surface area contributed by atoms with Gasteiger partial charge in [-0.2, -0.15) is 0 Å². The monoisotopic (exact) mass is 367 g/mol. The van der Waals surface area contributed by atoms with E-state index in [1.807, 2.05) is 55.5 Å². The summed E-state index contributed by atoms with van der Waals surface area (Å²) in [6.45, 7) is 2.58. The normalized spacial score (nSPS) is 13.7. The van der Waals surface area contributed by atoms with E-state index in [1.54, 1.807) is 0 Å². The Morgan fingerprint density at radius 2 is 1.95 bits per heavy atom. The SMILES string of the molecule is CCOc1ccc(C(N)CS(=O)c2cccc(Br)c2)cc1. The van der Waals surface area contributed by atoms with Crippen LogP contribution in [0, 0.1) is 0 Å². The molecular weight excluding hydrogens is 350 g/mol. The van der Waals surface area contributed by atoms with Crippen molar-refractivity contribution in [1.82, 2.24) is 0 Å². The van der Waals surface area contributed by atoms with Crippen molar-refractivity contribution in [2.24, 2.45) is 5.73 Å². The minimum Gasteiger partial charge on any atom is -0.494 e. The van der Waals surface area contributed by atoms with Gasteiger partial charge in [-0.15, -0.1) is 0 Å². The van der Waals surface area contributed by atoms with Gasteiger partial charge < -0.3 is 10.5 Å². The Kier molecular flexibility index (Phi) is 5.96. The van der Waals surface area contributed by atoms with Crippen molar-refractivity contribution < 1.29 is 8.95 Å². The molecule has 0 aliphatic rings. The first kappa shape index (κ1) is 16.2. The molecule has 0 bridgehead atoms. The molecule has 0 saturated heterocycles. The van der Waals surface area contributed by atoms with Gasteiger partial charge in [-0.3, -0.25) is 4.21 Å². The van der Waals surface area contributed by atoms with Crippen LogP contribution >= 0.6 is 15.9 Å². The number of hydrogen-bond acceptors (Lipinski definition) is 3. The molecule has 5 heteroatoms. The van der Waals surface area contributed by atoms with Crippen LogP contribution in [0.5, 0.6) is 5.75 Å². The topological polar surface area (TPSA) is 52.3 Å². The van der Waals surface area contributed by atoms with Crippen molar-refractivity contribution >= 4 is 26.7 Å². The predicted octanol–water partition coefficient (Wildman–Crippen LogP) is 3.66. The van der Waals surface area contributed by atoms with Gasteiger partial charge >= 0.3 is 0 Å². The molecular formula is C16H18BrNO2S. The molecule has 0 aliphatic carbocycles. The summed E-state index contributed by atoms with van der Waals surface area (Å²) in [6, 6.07) is 14.9. The Labute approximate surface area is 136 Å². The molecule has 2 N–H and O–H groups in total. The van der Waals surface area contributed by atoms with E-state index in [9.17, 15) is 4.21 Å². The lowest BCUT2D eigenvalue weighted by atomic mass is 10.1. The number of halogens is 1. The third-order valence-electron chi connectivity index (χ3n) is 3.01. The maximum atomic E-state index is 12.3. The fourth-order valence-corrected chi connectivity index (χ4v) is 3.69. The Hall–Kier alpha value is -1.17. The quantitative estimate of drug-likeness (QED) is 0.847. The van der Waals surface area contributed by atoms with Crippen molar-refractivity contribution in [3.63, 3.8) is 0 Å². The first-order valence-corrected chi connectivity index (χ1v) is 8.83. The fraction of sp³-hybridized carbons (Fsp3) is 0.250. The molecule has 2 aromatic carbocycles. The van der Waals surface area contributed by atoms with Crippen LogP contribution in [-0.4, -0.2) is 16.6 Å². The lowest BCUT2D eigenvalue weighted by Gasteiger charge is -2.13. The molecule has 0 amide bonds. The van der Waals surface area contributed by atoms with Crippen molar-refractivity contribution in [3.05, 3.63) is 58.6 Å². The second kappa shape index (κ2) is 7.73. The Balaban J connectivity index is 2.03. The van der Waals surface area contributed by atoms with Gasteiger partial charge in [0.1, 0.15) is 5.75 Å². The Morgan fingerprint density at radius 1 is 1.24 bits per heavy atom. The van der Waals surface area contributed by atoms with Crippen LogP contribution in [-0.2, 0) is 10.8 Å². The van der Waals surface area contributed by atoms with Crippen LogP contribution in [0.1, 0.15) is 18.5 Å². The second-order valence-electron chi connectivity index (χ2n) is 4.58. The van der Waals surface area contributed by atoms with Crippen molar-refractivity contribution in [2.75, 3.05) is 12.4 Å². The number of nitrogens with two attached hydrogens (primary N) is 1. The van der Waals surface area contributed by atoms with E-state index < -0.39 is 10.8 Å². The molecule has 0 spiro atoms. The third kappa shape index (κ3) is 4.66. The summed E-state index contributed by atoms with van der Waals surface area (Å²) >= 11 is 3.38. The fourth-order valence-electron chi connectivity index (χ4n) is 1.94. The zero-order valence-electron chi connectivity index (χ0n) is 11.8. The molecule has 0 aliphatic heterocycles. The summed E-state index contributed by atoms with van der Waals surface area (Å²) in [4.78, 5) is 0.783. The summed E-state index contributed by atoms with van der Waals surface area (Å²) < 4.78 is 18.7. The highest BCUT2D eigenvalue weighted by Gasteiger charge is 2.12. The molecule has 0 fully saturated rings. The summed E-state index contributed by atoms with van der Waals surface area (Å²) in [5.74, 6) is 1.21. The molecule has 3 nitrogen and oxygen atoms in total. The van der Waals surface area contributed by atoms with Crippen LogP contribution in [0.25, 0.3) is 0 Å². The summed E-state index contributed by atoms with van der Waals surface area (Å²) in [5.41, 5.74) is 7.11. The van der Waals surface area contributed by atoms with Crippen LogP contribution in [0.4, 0.5) is 0 Å². The summed E-state index contributed by atoms with van der Waals surface area (Å²) in [5, 5.41) is 0. The number of hydrogen-bond donors (Lipinski definition) is 1. The molecule has 0 aromatic heterocycles. The number of ether oxygens (including phenoxy) is 1. The molecule has 2 unspecified atom stereocenters. The van der Waals surface area contributed by atoms with Crippen molar-refractivity contribution in [1.29, 1.82) is 0 Å². The summed E-state index contributed by atoms with van der Waals surface area (Å²) in [6.07, 6.45) is 0. The molecule has 0 heterocycles. The number of rotatable bonds is 6. The van der Waals surface area contributed by atoms with E-state index in [1.165, 1.54) is 0 Å². The first-order valence-electron chi connectivity index (χ1n) is 6.72. The lowest BCUT2D eigenvalue weighted by Crippen LogP contribution is -2.18. The highest BCUT2D eigenvalue weighted by atomic mass is 79.9. The van der Waals surface area contributed by atoms with Gasteiger partial charge in [-0.1, -0.05) is 34.1 Å². The highest BCUT2D eigenvalue weighted by molar-refractivity contribution is 9.10. The average molecular weight is 368 g/mol. The van der Waals surface area contributed by atoms with Crippen LogP contribution in [0.2, 0.25) is 0 Å². The molecule has 2 aromatic rings. The molecule has 2 atom stereocenters. The zero-order chi connectivity index (χ0) is 15.2. The standard InChI is InChI=1S/C16H18BrNO2S/c1-2-20-14-8-6-12(7-9-14)16(18)11-21(19)15-5-3-4-13(17)10-15/h3-10,16H,2,11,18H2,1H3. The van der Waals surface area contributed by atoms with Crippen molar-refractivity contribution in [2.45, 2.75) is 17.9 Å². The zero-order valence-corrected chi connectivity index (χ0v) is 14.2. The molecule has 2 rings (SSSR count). The van der Waals surface area contributed by atoms with E-state index in [4.69, 9.17) is 10.5 Å². The van der Waals surface area contributed by atoms with Gasteiger partial charge in [0, 0.05) is 21.2 Å². The highest BCUT2D eigenvalue weighted by Crippen LogP contribution is 2.20. The third-order valence-corrected chi connectivity index (χ3v) is 4.94. The molecule has 0 saturated carbocycles. The van der Waals surface area contributed by atoms with Gasteiger partial charge in [0.05, 0.1) is 17.4 Å². The van der Waals surface area contributed by atoms with Gasteiger partial charge in [0.2, 0.25) is 0 Å². The van der Waals surface area contributed by atoms with E-state index in [-0.39, 0.29) is 6.04 Å². The van der Waals surface area contributed by atoms with Gasteiger partial charge in [-0.05, 0) is 42.8 Å². The maximum Gasteiger partial charge on any atom is 0.119 e. The molecule has 21 heavy (non-hydrogen) atoms. The average Bonchev–Trinajstić information content (AvgIpc) is 2.48. The van der Waals surface area contributed by atoms with Crippen LogP contribution in [0.3, 0.4) is 0 Å². The van der Waals surface area contributed by atoms with E-state index in [0.29, 0.717) is 12.4 Å². The van der Waals surface area contributed by atoms with Crippen LogP contribution in [0.15, 0.2) is 57.9 Å². The molecule has 112 valence electrons. The Bertz CT molecular complexity index is 616. The largest absolute Gasteiger partial charge is 0.494 e. The van der Waals surface area contributed by atoms with E-state index in [2.05, 4.69) is 15.9 Å². The van der Waals surface area contributed by atoms with Crippen LogP contribution < -0.4 is 10.5 Å². The minimum absolute atomic E-state index is 0.263. The van der Waals surface area contributed by atoms with Gasteiger partial charge in [-0.25, -0.2) is 0 Å². The Morgan fingerprint density at radius 3 is 2.57 bits per heavy atom. The predicted molar refractivity (Wildman–Crippen MR) is 90.0 cm³/mol. The van der Waals surface area contributed by atoms with E-state index >= 15 is 0 Å². The first-order chi connectivity index (χ1) is 10.1. The minimum atomic E-state index is -1.12. The smallest absolute Gasteiger partial charge is 0.119 e. The van der Waals surface area contributed by atoms with Crippen molar-refractivity contribution in [3.8, 4) is 5.75 Å². The lowest BCUT2D eigenvalue weighted by molar-refractivity contribution is 0.340. The molecule has 0 radical (unpaired) electrons. The van der Waals surface area contributed by atoms with Gasteiger partial charge in [0.15, 0.2) is 0 Å². The maximum absolute atomic E-state index is 12.3. The second-order valence-corrected chi connectivity index (χ2v) is 6.99.